The van der Waals surface area contributed by atoms with E-state index in [0.29, 0.717) is 22.0 Å². The minimum atomic E-state index is -2.86. The summed E-state index contributed by atoms with van der Waals surface area (Å²) in [5, 5.41) is 0.476. The summed E-state index contributed by atoms with van der Waals surface area (Å²) in [6.07, 6.45) is 0. The fraction of sp³-hybridized carbons (Fsp3) is 0.200. The van der Waals surface area contributed by atoms with E-state index in [2.05, 4.69) is 4.74 Å². The lowest BCUT2D eigenvalue weighted by Gasteiger charge is -2.12. The van der Waals surface area contributed by atoms with E-state index in [9.17, 15) is 8.78 Å². The van der Waals surface area contributed by atoms with Crippen LogP contribution < -0.4 is 10.5 Å². The van der Waals surface area contributed by atoms with E-state index in [-0.39, 0.29) is 5.75 Å². The standard InChI is InChI=1S/C15H14ClF2NOS/c1-9-3-2-4-13(14(9)19)21-8-10-7-11(16)5-6-12(10)20-15(17)18/h2-7,15H,8,19H2,1H3. The molecule has 0 heterocycles. The maximum atomic E-state index is 12.4. The summed E-state index contributed by atoms with van der Waals surface area (Å²) in [6.45, 7) is -0.941. The molecule has 2 aromatic carbocycles. The smallest absolute Gasteiger partial charge is 0.387 e. The number of anilines is 1. The zero-order chi connectivity index (χ0) is 15.4. The van der Waals surface area contributed by atoms with Crippen molar-refractivity contribution in [1.82, 2.24) is 0 Å². The molecule has 0 amide bonds. The van der Waals surface area contributed by atoms with Crippen molar-refractivity contribution < 1.29 is 13.5 Å². The number of thioether (sulfide) groups is 1. The predicted molar refractivity (Wildman–Crippen MR) is 83.2 cm³/mol. The molecule has 0 fully saturated rings. The van der Waals surface area contributed by atoms with Crippen LogP contribution in [-0.4, -0.2) is 6.61 Å². The van der Waals surface area contributed by atoms with E-state index in [0.717, 1.165) is 10.5 Å². The van der Waals surface area contributed by atoms with Crippen LogP contribution in [-0.2, 0) is 5.75 Å². The molecule has 0 unspecified atom stereocenters. The van der Waals surface area contributed by atoms with Crippen LogP contribution >= 0.6 is 23.4 Å². The average Bonchev–Trinajstić information content (AvgIpc) is 2.42. The van der Waals surface area contributed by atoms with Gasteiger partial charge in [0.25, 0.3) is 0 Å². The summed E-state index contributed by atoms with van der Waals surface area (Å²) in [7, 11) is 0. The van der Waals surface area contributed by atoms with Gasteiger partial charge in [0.1, 0.15) is 5.75 Å². The fourth-order valence-corrected chi connectivity index (χ4v) is 3.03. The highest BCUT2D eigenvalue weighted by Crippen LogP contribution is 2.34. The van der Waals surface area contributed by atoms with Gasteiger partial charge in [-0.25, -0.2) is 0 Å². The lowest BCUT2D eigenvalue weighted by Crippen LogP contribution is -2.04. The van der Waals surface area contributed by atoms with Gasteiger partial charge < -0.3 is 10.5 Å². The molecular formula is C15H14ClF2NOS. The molecule has 0 saturated heterocycles. The normalized spacial score (nSPS) is 10.9. The van der Waals surface area contributed by atoms with E-state index >= 15 is 0 Å². The zero-order valence-corrected chi connectivity index (χ0v) is 12.8. The van der Waals surface area contributed by atoms with Crippen LogP contribution in [0.4, 0.5) is 14.5 Å². The van der Waals surface area contributed by atoms with Gasteiger partial charge in [-0.15, -0.1) is 11.8 Å². The number of nitrogens with two attached hydrogens (primary N) is 1. The molecule has 2 N–H and O–H groups in total. The summed E-state index contributed by atoms with van der Waals surface area (Å²) >= 11 is 7.37. The maximum absolute atomic E-state index is 12.4. The molecule has 0 radical (unpaired) electrons. The fourth-order valence-electron chi connectivity index (χ4n) is 1.81. The molecule has 2 rings (SSSR count). The molecule has 6 heteroatoms. The molecule has 2 nitrogen and oxygen atoms in total. The van der Waals surface area contributed by atoms with Gasteiger partial charge >= 0.3 is 6.61 Å². The molecular weight excluding hydrogens is 316 g/mol. The van der Waals surface area contributed by atoms with Crippen molar-refractivity contribution in [3.05, 3.63) is 52.5 Å². The molecule has 0 aliphatic heterocycles. The predicted octanol–water partition coefficient (Wildman–Crippen LogP) is 5.12. The second-order valence-corrected chi connectivity index (χ2v) is 5.86. The van der Waals surface area contributed by atoms with Crippen LogP contribution in [0.3, 0.4) is 0 Å². The highest BCUT2D eigenvalue weighted by atomic mass is 35.5. The van der Waals surface area contributed by atoms with Gasteiger partial charge in [-0.3, -0.25) is 0 Å². The number of benzene rings is 2. The van der Waals surface area contributed by atoms with Crippen molar-refractivity contribution in [2.75, 3.05) is 5.73 Å². The van der Waals surface area contributed by atoms with E-state index in [4.69, 9.17) is 17.3 Å². The molecule has 0 aliphatic carbocycles. The van der Waals surface area contributed by atoms with E-state index in [1.165, 1.54) is 23.9 Å². The Hall–Kier alpha value is -1.46. The van der Waals surface area contributed by atoms with Gasteiger partial charge in [-0.1, -0.05) is 23.7 Å². The number of hydrogen-bond acceptors (Lipinski definition) is 3. The van der Waals surface area contributed by atoms with Gasteiger partial charge in [-0.2, -0.15) is 8.78 Å². The zero-order valence-electron chi connectivity index (χ0n) is 11.3. The van der Waals surface area contributed by atoms with Crippen LogP contribution in [0.15, 0.2) is 41.3 Å². The van der Waals surface area contributed by atoms with Gasteiger partial charge in [0.15, 0.2) is 0 Å². The molecule has 21 heavy (non-hydrogen) atoms. The quantitative estimate of drug-likeness (QED) is 0.610. The van der Waals surface area contributed by atoms with Gasteiger partial charge in [0.2, 0.25) is 0 Å². The molecule has 0 aromatic heterocycles. The Kier molecular flexibility index (Phi) is 5.31. The van der Waals surface area contributed by atoms with Crippen LogP contribution in [0, 0.1) is 6.92 Å². The highest BCUT2D eigenvalue weighted by molar-refractivity contribution is 7.98. The summed E-state index contributed by atoms with van der Waals surface area (Å²) < 4.78 is 29.3. The van der Waals surface area contributed by atoms with Gasteiger partial charge in [0, 0.05) is 26.9 Å². The van der Waals surface area contributed by atoms with E-state index in [1.807, 2.05) is 25.1 Å². The molecule has 0 spiro atoms. The van der Waals surface area contributed by atoms with Crippen LogP contribution in [0.1, 0.15) is 11.1 Å². The first-order valence-electron chi connectivity index (χ1n) is 6.18. The number of aryl methyl sites for hydroxylation is 1. The maximum Gasteiger partial charge on any atom is 0.387 e. The average molecular weight is 330 g/mol. The lowest BCUT2D eigenvalue weighted by atomic mass is 10.2. The minimum Gasteiger partial charge on any atom is -0.435 e. The number of halogens is 3. The number of alkyl halides is 2. The lowest BCUT2D eigenvalue weighted by molar-refractivity contribution is -0.0503. The molecule has 0 saturated carbocycles. The van der Waals surface area contributed by atoms with Crippen molar-refractivity contribution in [1.29, 1.82) is 0 Å². The minimum absolute atomic E-state index is 0.133. The van der Waals surface area contributed by atoms with Crippen molar-refractivity contribution >= 4 is 29.1 Å². The van der Waals surface area contributed by atoms with Crippen molar-refractivity contribution in [2.24, 2.45) is 0 Å². The van der Waals surface area contributed by atoms with Gasteiger partial charge in [-0.05, 0) is 36.8 Å². The second-order valence-electron chi connectivity index (χ2n) is 4.41. The molecule has 0 atom stereocenters. The third-order valence-corrected chi connectivity index (χ3v) is 4.26. The first kappa shape index (κ1) is 15.9. The SMILES string of the molecule is Cc1cccc(SCc2cc(Cl)ccc2OC(F)F)c1N. The summed E-state index contributed by atoms with van der Waals surface area (Å²) in [5.74, 6) is 0.573. The molecule has 112 valence electrons. The van der Waals surface area contributed by atoms with Crippen molar-refractivity contribution in [3.63, 3.8) is 0 Å². The Morgan fingerprint density at radius 2 is 2.05 bits per heavy atom. The highest BCUT2D eigenvalue weighted by Gasteiger charge is 2.11. The first-order valence-corrected chi connectivity index (χ1v) is 7.55. The summed E-state index contributed by atoms with van der Waals surface area (Å²) in [4.78, 5) is 0.901. The summed E-state index contributed by atoms with van der Waals surface area (Å²) in [6, 6.07) is 10.3. The van der Waals surface area contributed by atoms with Crippen LogP contribution in [0.5, 0.6) is 5.75 Å². The number of rotatable bonds is 5. The van der Waals surface area contributed by atoms with Crippen molar-refractivity contribution in [2.45, 2.75) is 24.2 Å². The topological polar surface area (TPSA) is 35.2 Å². The van der Waals surface area contributed by atoms with Crippen LogP contribution in [0.2, 0.25) is 5.02 Å². The van der Waals surface area contributed by atoms with Gasteiger partial charge in [0.05, 0.1) is 0 Å². The van der Waals surface area contributed by atoms with Crippen LogP contribution in [0.25, 0.3) is 0 Å². The first-order chi connectivity index (χ1) is 9.97. The Balaban J connectivity index is 2.19. The second kappa shape index (κ2) is 7.00. The monoisotopic (exact) mass is 329 g/mol. The summed E-state index contributed by atoms with van der Waals surface area (Å²) in [5.41, 5.74) is 8.28. The Labute approximate surface area is 131 Å². The largest absolute Gasteiger partial charge is 0.435 e. The number of para-hydroxylation sites is 1. The number of hydrogen-bond donors (Lipinski definition) is 1. The Morgan fingerprint density at radius 1 is 1.29 bits per heavy atom. The Morgan fingerprint density at radius 3 is 2.76 bits per heavy atom. The number of nitrogen functional groups attached to an aromatic ring is 1. The molecule has 0 bridgehead atoms. The Bertz CT molecular complexity index is 637. The van der Waals surface area contributed by atoms with E-state index in [1.54, 1.807) is 6.07 Å². The number of ether oxygens (including phenoxy) is 1. The van der Waals surface area contributed by atoms with Crippen molar-refractivity contribution in [3.8, 4) is 5.75 Å². The molecule has 2 aromatic rings. The van der Waals surface area contributed by atoms with E-state index < -0.39 is 6.61 Å². The third kappa shape index (κ3) is 4.25. The molecule has 0 aliphatic rings. The third-order valence-electron chi connectivity index (χ3n) is 2.91.